The highest BCUT2D eigenvalue weighted by Gasteiger charge is 2.60. The molecule has 1 fully saturated rings. The summed E-state index contributed by atoms with van der Waals surface area (Å²) in [5.41, 5.74) is -0.597. The maximum absolute atomic E-state index is 12.3. The maximum Gasteiger partial charge on any atom is 0.392 e. The van der Waals surface area contributed by atoms with Crippen molar-refractivity contribution in [1.29, 1.82) is 0 Å². The first kappa shape index (κ1) is 10.2. The first-order valence-electron chi connectivity index (χ1n) is 3.95. The highest BCUT2D eigenvalue weighted by Crippen LogP contribution is 2.61. The highest BCUT2D eigenvalue weighted by molar-refractivity contribution is 6.18. The lowest BCUT2D eigenvalue weighted by Crippen LogP contribution is -2.28. The lowest BCUT2D eigenvalue weighted by molar-refractivity contribution is -0.187. The Labute approximate surface area is 75.1 Å². The average molecular weight is 201 g/mol. The predicted molar refractivity (Wildman–Crippen MR) is 42.2 cm³/mol. The Morgan fingerprint density at radius 3 is 2.33 bits per heavy atom. The van der Waals surface area contributed by atoms with E-state index in [0.29, 0.717) is 12.3 Å². The van der Waals surface area contributed by atoms with E-state index >= 15 is 0 Å². The van der Waals surface area contributed by atoms with Crippen LogP contribution in [0.15, 0.2) is 0 Å². The molecule has 0 bridgehead atoms. The lowest BCUT2D eigenvalue weighted by atomic mass is 9.90. The normalized spacial score (nSPS) is 38.0. The van der Waals surface area contributed by atoms with Gasteiger partial charge < -0.3 is 0 Å². The molecule has 12 heavy (non-hydrogen) atoms. The van der Waals surface area contributed by atoms with Gasteiger partial charge in [0.1, 0.15) is 0 Å². The molecule has 4 heteroatoms. The Morgan fingerprint density at radius 1 is 1.58 bits per heavy atom. The van der Waals surface area contributed by atoms with Crippen molar-refractivity contribution in [2.24, 2.45) is 17.3 Å². The van der Waals surface area contributed by atoms with Crippen molar-refractivity contribution in [2.75, 3.05) is 5.88 Å². The molecule has 0 spiro atoms. The third kappa shape index (κ3) is 1.56. The second kappa shape index (κ2) is 2.79. The third-order valence-electron chi connectivity index (χ3n) is 3.13. The highest BCUT2D eigenvalue weighted by atomic mass is 35.5. The standard InChI is InChI=1S/C8H12ClF3/c1-5(8(10,11)12)7(2)3-6(7)4-9/h5-6H,3-4H2,1-2H3. The fraction of sp³-hybridized carbons (Fsp3) is 1.00. The fourth-order valence-corrected chi connectivity index (χ4v) is 2.07. The zero-order chi connectivity index (χ0) is 9.57. The molecule has 0 radical (unpaired) electrons. The fourth-order valence-electron chi connectivity index (χ4n) is 1.61. The van der Waals surface area contributed by atoms with Crippen molar-refractivity contribution >= 4 is 11.6 Å². The zero-order valence-electron chi connectivity index (χ0n) is 7.08. The van der Waals surface area contributed by atoms with Gasteiger partial charge in [-0.3, -0.25) is 0 Å². The molecule has 0 aromatic heterocycles. The van der Waals surface area contributed by atoms with E-state index in [2.05, 4.69) is 0 Å². The van der Waals surface area contributed by atoms with E-state index in [-0.39, 0.29) is 5.92 Å². The SMILES string of the molecule is CC(C(F)(F)F)C1(C)CC1CCl. The quantitative estimate of drug-likeness (QED) is 0.599. The molecule has 1 aliphatic rings. The Hall–Kier alpha value is 0.0800. The summed E-state index contributed by atoms with van der Waals surface area (Å²) < 4.78 is 36.8. The van der Waals surface area contributed by atoms with E-state index in [4.69, 9.17) is 11.6 Å². The van der Waals surface area contributed by atoms with Crippen LogP contribution in [0.4, 0.5) is 13.2 Å². The van der Waals surface area contributed by atoms with Crippen molar-refractivity contribution in [2.45, 2.75) is 26.4 Å². The second-order valence-corrected chi connectivity index (χ2v) is 4.13. The topological polar surface area (TPSA) is 0 Å². The molecule has 0 aliphatic heterocycles. The Balaban J connectivity index is 2.61. The van der Waals surface area contributed by atoms with Crippen LogP contribution in [-0.4, -0.2) is 12.1 Å². The van der Waals surface area contributed by atoms with Crippen LogP contribution in [0.3, 0.4) is 0 Å². The lowest BCUT2D eigenvalue weighted by Gasteiger charge is -2.22. The molecule has 72 valence electrons. The van der Waals surface area contributed by atoms with Gasteiger partial charge in [-0.05, 0) is 17.8 Å². The molecule has 0 nitrogen and oxygen atoms in total. The van der Waals surface area contributed by atoms with E-state index in [9.17, 15) is 13.2 Å². The molecule has 1 rings (SSSR count). The number of hydrogen-bond acceptors (Lipinski definition) is 0. The predicted octanol–water partition coefficient (Wildman–Crippen LogP) is 3.45. The van der Waals surface area contributed by atoms with Gasteiger partial charge in [0.2, 0.25) is 0 Å². The summed E-state index contributed by atoms with van der Waals surface area (Å²) >= 11 is 5.51. The van der Waals surface area contributed by atoms with Crippen LogP contribution in [0.5, 0.6) is 0 Å². The van der Waals surface area contributed by atoms with E-state index in [1.54, 1.807) is 6.92 Å². The van der Waals surface area contributed by atoms with Gasteiger partial charge in [0.25, 0.3) is 0 Å². The number of halogens is 4. The van der Waals surface area contributed by atoms with Gasteiger partial charge in [-0.25, -0.2) is 0 Å². The van der Waals surface area contributed by atoms with Crippen LogP contribution in [-0.2, 0) is 0 Å². The molecular weight excluding hydrogens is 189 g/mol. The number of rotatable bonds is 2. The monoisotopic (exact) mass is 200 g/mol. The van der Waals surface area contributed by atoms with Crippen LogP contribution >= 0.6 is 11.6 Å². The zero-order valence-corrected chi connectivity index (χ0v) is 7.84. The van der Waals surface area contributed by atoms with Crippen molar-refractivity contribution in [3.05, 3.63) is 0 Å². The molecule has 0 saturated heterocycles. The first-order valence-corrected chi connectivity index (χ1v) is 4.48. The summed E-state index contributed by atoms with van der Waals surface area (Å²) in [6.45, 7) is 2.91. The maximum atomic E-state index is 12.3. The first-order chi connectivity index (χ1) is 5.32. The summed E-state index contributed by atoms with van der Waals surface area (Å²) in [5.74, 6) is -0.832. The van der Waals surface area contributed by atoms with Gasteiger partial charge in [-0.1, -0.05) is 13.8 Å². The molecule has 0 N–H and O–H groups in total. The molecule has 1 saturated carbocycles. The van der Waals surface area contributed by atoms with E-state index in [1.807, 2.05) is 0 Å². The molecular formula is C8H12ClF3. The van der Waals surface area contributed by atoms with Crippen molar-refractivity contribution in [3.8, 4) is 0 Å². The van der Waals surface area contributed by atoms with Crippen molar-refractivity contribution in [3.63, 3.8) is 0 Å². The van der Waals surface area contributed by atoms with Gasteiger partial charge in [0.15, 0.2) is 0 Å². The smallest absolute Gasteiger partial charge is 0.171 e. The van der Waals surface area contributed by atoms with E-state index < -0.39 is 17.5 Å². The Kier molecular flexibility index (Phi) is 2.36. The van der Waals surface area contributed by atoms with Crippen LogP contribution in [0, 0.1) is 17.3 Å². The summed E-state index contributed by atoms with van der Waals surface area (Å²) in [7, 11) is 0. The minimum atomic E-state index is -4.07. The molecule has 0 aromatic carbocycles. The van der Waals surface area contributed by atoms with Gasteiger partial charge >= 0.3 is 6.18 Å². The van der Waals surface area contributed by atoms with Crippen LogP contribution in [0.2, 0.25) is 0 Å². The molecule has 1 aliphatic carbocycles. The average Bonchev–Trinajstić information content (AvgIpc) is 2.60. The summed E-state index contributed by atoms with van der Waals surface area (Å²) in [4.78, 5) is 0. The van der Waals surface area contributed by atoms with Crippen molar-refractivity contribution in [1.82, 2.24) is 0 Å². The molecule has 0 heterocycles. The minimum absolute atomic E-state index is 0.0517. The Bertz CT molecular complexity index is 178. The number of alkyl halides is 4. The van der Waals surface area contributed by atoms with Gasteiger partial charge in [0, 0.05) is 5.88 Å². The van der Waals surface area contributed by atoms with Crippen LogP contribution in [0.25, 0.3) is 0 Å². The molecule has 0 aromatic rings. The minimum Gasteiger partial charge on any atom is -0.171 e. The largest absolute Gasteiger partial charge is 0.392 e. The van der Waals surface area contributed by atoms with E-state index in [0.717, 1.165) is 0 Å². The van der Waals surface area contributed by atoms with Gasteiger partial charge in [-0.2, -0.15) is 13.2 Å². The Morgan fingerprint density at radius 2 is 2.08 bits per heavy atom. The van der Waals surface area contributed by atoms with Crippen molar-refractivity contribution < 1.29 is 13.2 Å². The third-order valence-corrected chi connectivity index (χ3v) is 3.50. The van der Waals surface area contributed by atoms with Gasteiger partial charge in [-0.15, -0.1) is 11.6 Å². The summed E-state index contributed by atoms with van der Waals surface area (Å²) in [6, 6.07) is 0. The molecule has 3 atom stereocenters. The van der Waals surface area contributed by atoms with Crippen LogP contribution < -0.4 is 0 Å². The van der Waals surface area contributed by atoms with Gasteiger partial charge in [0.05, 0.1) is 5.92 Å². The van der Waals surface area contributed by atoms with Crippen LogP contribution in [0.1, 0.15) is 20.3 Å². The number of hydrogen-bond donors (Lipinski definition) is 0. The van der Waals surface area contributed by atoms with E-state index in [1.165, 1.54) is 6.92 Å². The summed E-state index contributed by atoms with van der Waals surface area (Å²) in [5, 5.41) is 0. The molecule has 3 unspecified atom stereocenters. The second-order valence-electron chi connectivity index (χ2n) is 3.82. The molecule has 0 amide bonds. The summed E-state index contributed by atoms with van der Waals surface area (Å²) in [6.07, 6.45) is -3.47.